The molecule has 9 heteroatoms. The Bertz CT molecular complexity index is 603. The fraction of sp³-hybridized carbons (Fsp3) is 0.636. The Hall–Kier alpha value is -1.61. The molecule has 1 unspecified atom stereocenters. The van der Waals surface area contributed by atoms with Crippen LogP contribution in [0.2, 0.25) is 0 Å². The SMILES string of the molecule is Cc1n[nH]c(C)c1S(=O)(=O)N1CCCCC1C(N)=NO. The van der Waals surface area contributed by atoms with Crippen molar-refractivity contribution < 1.29 is 13.6 Å². The third kappa shape index (κ3) is 2.38. The van der Waals surface area contributed by atoms with Crippen molar-refractivity contribution in [1.82, 2.24) is 14.5 Å². The highest BCUT2D eigenvalue weighted by Crippen LogP contribution is 2.28. The van der Waals surface area contributed by atoms with Crippen LogP contribution < -0.4 is 5.73 Å². The monoisotopic (exact) mass is 301 g/mol. The molecule has 1 aliphatic rings. The Morgan fingerprint density at radius 2 is 2.20 bits per heavy atom. The first-order valence-electron chi connectivity index (χ1n) is 6.40. The van der Waals surface area contributed by atoms with Crippen molar-refractivity contribution in [3.05, 3.63) is 11.4 Å². The van der Waals surface area contributed by atoms with Crippen LogP contribution in [-0.4, -0.2) is 46.5 Å². The topological polar surface area (TPSA) is 125 Å². The normalized spacial score (nSPS) is 22.1. The van der Waals surface area contributed by atoms with E-state index in [0.717, 1.165) is 12.8 Å². The highest BCUT2D eigenvalue weighted by atomic mass is 32.2. The number of aromatic nitrogens is 2. The third-order valence-corrected chi connectivity index (χ3v) is 5.71. The molecule has 0 aliphatic carbocycles. The van der Waals surface area contributed by atoms with Crippen molar-refractivity contribution in [2.24, 2.45) is 10.9 Å². The summed E-state index contributed by atoms with van der Waals surface area (Å²) in [4.78, 5) is 0.176. The Balaban J connectivity index is 2.46. The molecule has 1 atom stereocenters. The predicted molar refractivity (Wildman–Crippen MR) is 73.0 cm³/mol. The van der Waals surface area contributed by atoms with Crippen molar-refractivity contribution in [1.29, 1.82) is 0 Å². The fourth-order valence-corrected chi connectivity index (χ4v) is 4.60. The van der Waals surface area contributed by atoms with Crippen LogP contribution >= 0.6 is 0 Å². The standard InChI is InChI=1S/C11H19N5O3S/c1-7-10(8(2)14-13-7)20(18,19)16-6-4-3-5-9(16)11(12)15-17/h9,17H,3-6H2,1-2H3,(H2,12,15)(H,13,14). The van der Waals surface area contributed by atoms with Gasteiger partial charge in [0, 0.05) is 6.54 Å². The molecule has 8 nitrogen and oxygen atoms in total. The lowest BCUT2D eigenvalue weighted by Gasteiger charge is -2.33. The molecule has 1 saturated heterocycles. The summed E-state index contributed by atoms with van der Waals surface area (Å²) in [6.45, 7) is 3.65. The molecule has 1 aromatic rings. The van der Waals surface area contributed by atoms with E-state index < -0.39 is 16.1 Å². The highest BCUT2D eigenvalue weighted by molar-refractivity contribution is 7.89. The van der Waals surface area contributed by atoms with E-state index in [-0.39, 0.29) is 10.7 Å². The van der Waals surface area contributed by atoms with E-state index >= 15 is 0 Å². The summed E-state index contributed by atoms with van der Waals surface area (Å²) in [7, 11) is -3.72. The molecule has 1 fully saturated rings. The zero-order valence-corrected chi connectivity index (χ0v) is 12.3. The van der Waals surface area contributed by atoms with Gasteiger partial charge < -0.3 is 10.9 Å². The number of nitrogens with one attached hydrogen (secondary N) is 1. The van der Waals surface area contributed by atoms with Gasteiger partial charge in [0.05, 0.1) is 17.4 Å². The van der Waals surface area contributed by atoms with E-state index in [2.05, 4.69) is 15.4 Å². The molecule has 0 amide bonds. The van der Waals surface area contributed by atoms with Crippen molar-refractivity contribution in [2.45, 2.75) is 44.0 Å². The van der Waals surface area contributed by atoms with Gasteiger partial charge >= 0.3 is 0 Å². The van der Waals surface area contributed by atoms with Gasteiger partial charge in [0.15, 0.2) is 5.84 Å². The highest BCUT2D eigenvalue weighted by Gasteiger charge is 2.38. The number of nitrogens with zero attached hydrogens (tertiary/aromatic N) is 3. The number of hydrogen-bond acceptors (Lipinski definition) is 5. The van der Waals surface area contributed by atoms with Crippen LogP contribution in [0.25, 0.3) is 0 Å². The smallest absolute Gasteiger partial charge is 0.247 e. The summed E-state index contributed by atoms with van der Waals surface area (Å²) in [6.07, 6.45) is 2.14. The number of oxime groups is 1. The largest absolute Gasteiger partial charge is 0.409 e. The zero-order chi connectivity index (χ0) is 14.9. The summed E-state index contributed by atoms with van der Waals surface area (Å²) in [5, 5.41) is 18.4. The minimum atomic E-state index is -3.72. The van der Waals surface area contributed by atoms with Gasteiger partial charge in [-0.2, -0.15) is 9.40 Å². The van der Waals surface area contributed by atoms with E-state index in [9.17, 15) is 8.42 Å². The first-order valence-corrected chi connectivity index (χ1v) is 7.84. The van der Waals surface area contributed by atoms with Crippen LogP contribution in [0.15, 0.2) is 10.1 Å². The van der Waals surface area contributed by atoms with Gasteiger partial charge in [-0.15, -0.1) is 0 Å². The molecular weight excluding hydrogens is 282 g/mol. The molecule has 0 aromatic carbocycles. The Morgan fingerprint density at radius 3 is 2.75 bits per heavy atom. The molecule has 4 N–H and O–H groups in total. The number of H-pyrrole nitrogens is 1. The maximum Gasteiger partial charge on any atom is 0.247 e. The summed E-state index contributed by atoms with van der Waals surface area (Å²) >= 11 is 0. The van der Waals surface area contributed by atoms with E-state index in [0.29, 0.717) is 24.4 Å². The maximum atomic E-state index is 12.8. The van der Waals surface area contributed by atoms with E-state index in [4.69, 9.17) is 10.9 Å². The first kappa shape index (κ1) is 14.8. The zero-order valence-electron chi connectivity index (χ0n) is 11.5. The van der Waals surface area contributed by atoms with E-state index in [1.54, 1.807) is 13.8 Å². The number of sulfonamides is 1. The van der Waals surface area contributed by atoms with Gasteiger partial charge in [-0.25, -0.2) is 8.42 Å². The minimum absolute atomic E-state index is 0.0768. The van der Waals surface area contributed by atoms with Crippen molar-refractivity contribution in [3.63, 3.8) is 0 Å². The van der Waals surface area contributed by atoms with Gasteiger partial charge in [0.25, 0.3) is 0 Å². The maximum absolute atomic E-state index is 12.8. The van der Waals surface area contributed by atoms with Crippen LogP contribution in [0.5, 0.6) is 0 Å². The number of piperidine rings is 1. The summed E-state index contributed by atoms with van der Waals surface area (Å²) < 4.78 is 26.9. The van der Waals surface area contributed by atoms with Gasteiger partial charge in [0.1, 0.15) is 4.90 Å². The van der Waals surface area contributed by atoms with Crippen molar-refractivity contribution in [2.75, 3.05) is 6.54 Å². The van der Waals surface area contributed by atoms with Crippen LogP contribution in [0.4, 0.5) is 0 Å². The quantitative estimate of drug-likeness (QED) is 0.321. The van der Waals surface area contributed by atoms with Crippen LogP contribution in [0, 0.1) is 13.8 Å². The molecule has 2 heterocycles. The average Bonchev–Trinajstić information content (AvgIpc) is 2.77. The molecule has 0 radical (unpaired) electrons. The molecule has 0 spiro atoms. The number of aromatic amines is 1. The lowest BCUT2D eigenvalue weighted by molar-refractivity contribution is 0.281. The number of amidine groups is 1. The molecule has 0 bridgehead atoms. The number of rotatable bonds is 3. The van der Waals surface area contributed by atoms with Crippen LogP contribution in [-0.2, 0) is 10.0 Å². The van der Waals surface area contributed by atoms with Gasteiger partial charge in [-0.1, -0.05) is 11.6 Å². The van der Waals surface area contributed by atoms with E-state index in [1.807, 2.05) is 0 Å². The Morgan fingerprint density at radius 1 is 1.50 bits per heavy atom. The Labute approximate surface area is 117 Å². The summed E-state index contributed by atoms with van der Waals surface area (Å²) in [5.41, 5.74) is 6.55. The molecule has 112 valence electrons. The Kier molecular flexibility index (Phi) is 4.00. The summed E-state index contributed by atoms with van der Waals surface area (Å²) in [5.74, 6) is -0.0768. The fourth-order valence-electron chi connectivity index (χ4n) is 2.59. The second-order valence-electron chi connectivity index (χ2n) is 4.92. The van der Waals surface area contributed by atoms with Crippen LogP contribution in [0.1, 0.15) is 30.7 Å². The minimum Gasteiger partial charge on any atom is -0.409 e. The van der Waals surface area contributed by atoms with E-state index in [1.165, 1.54) is 4.31 Å². The predicted octanol–water partition coefficient (Wildman–Crippen LogP) is 0.316. The van der Waals surface area contributed by atoms with Crippen molar-refractivity contribution in [3.8, 4) is 0 Å². The van der Waals surface area contributed by atoms with Crippen LogP contribution in [0.3, 0.4) is 0 Å². The molecule has 20 heavy (non-hydrogen) atoms. The second kappa shape index (κ2) is 5.41. The number of hydrogen-bond donors (Lipinski definition) is 3. The number of nitrogens with two attached hydrogens (primary N) is 1. The molecule has 0 saturated carbocycles. The molecule has 1 aliphatic heterocycles. The third-order valence-electron chi connectivity index (χ3n) is 3.54. The lowest BCUT2D eigenvalue weighted by Crippen LogP contribution is -2.50. The molecular formula is C11H19N5O3S. The van der Waals surface area contributed by atoms with Crippen molar-refractivity contribution >= 4 is 15.9 Å². The first-order chi connectivity index (χ1) is 9.39. The van der Waals surface area contributed by atoms with Gasteiger partial charge in [-0.05, 0) is 26.7 Å². The second-order valence-corrected chi connectivity index (χ2v) is 6.74. The molecule has 2 rings (SSSR count). The summed E-state index contributed by atoms with van der Waals surface area (Å²) in [6, 6.07) is -0.604. The average molecular weight is 301 g/mol. The molecule has 1 aromatic heterocycles. The number of aryl methyl sites for hydroxylation is 2. The lowest BCUT2D eigenvalue weighted by atomic mass is 10.0. The van der Waals surface area contributed by atoms with Gasteiger partial charge in [0.2, 0.25) is 10.0 Å². The van der Waals surface area contributed by atoms with Gasteiger partial charge in [-0.3, -0.25) is 5.10 Å².